The van der Waals surface area contributed by atoms with E-state index in [4.69, 9.17) is 15.6 Å². The third-order valence-electron chi connectivity index (χ3n) is 2.93. The number of ether oxygens (including phenoxy) is 1. The van der Waals surface area contributed by atoms with Gasteiger partial charge in [0, 0.05) is 25.2 Å². The summed E-state index contributed by atoms with van der Waals surface area (Å²) in [5, 5.41) is 9.03. The van der Waals surface area contributed by atoms with Gasteiger partial charge in [0.05, 0.1) is 25.0 Å². The second kappa shape index (κ2) is 5.44. The van der Waals surface area contributed by atoms with Crippen molar-refractivity contribution >= 4 is 5.69 Å². The smallest absolute Gasteiger partial charge is 0.150 e. The zero-order valence-corrected chi connectivity index (χ0v) is 9.60. The number of nitrogens with zero attached hydrogens (tertiary/aromatic N) is 1. The van der Waals surface area contributed by atoms with Gasteiger partial charge in [0.25, 0.3) is 0 Å². The third-order valence-corrected chi connectivity index (χ3v) is 2.93. The summed E-state index contributed by atoms with van der Waals surface area (Å²) in [6.07, 6.45) is -0.173. The quantitative estimate of drug-likeness (QED) is 0.760. The lowest BCUT2D eigenvalue weighted by Gasteiger charge is -2.32. The van der Waals surface area contributed by atoms with Crippen LogP contribution in [0.3, 0.4) is 0 Å². The maximum atomic E-state index is 13.7. The Labute approximate surface area is 99.8 Å². The van der Waals surface area contributed by atoms with Gasteiger partial charge in [-0.1, -0.05) is 12.1 Å². The molecule has 0 radical (unpaired) electrons. The normalized spacial score (nSPS) is 21.6. The summed E-state index contributed by atoms with van der Waals surface area (Å²) in [5.41, 5.74) is 6.28. The molecule has 1 aromatic rings. The molecule has 0 spiro atoms. The number of hydrogen-bond acceptors (Lipinski definition) is 4. The lowest BCUT2D eigenvalue weighted by Crippen LogP contribution is -2.43. The van der Waals surface area contributed by atoms with Gasteiger partial charge < -0.3 is 15.6 Å². The van der Waals surface area contributed by atoms with Crippen molar-refractivity contribution in [1.29, 1.82) is 0 Å². The van der Waals surface area contributed by atoms with Gasteiger partial charge in [-0.15, -0.1) is 0 Å². The van der Waals surface area contributed by atoms with E-state index in [1.54, 1.807) is 18.2 Å². The lowest BCUT2D eigenvalue weighted by atomic mass is 10.1. The summed E-state index contributed by atoms with van der Waals surface area (Å²) in [4.78, 5) is 2.06. The molecule has 1 atom stereocenters. The average molecular weight is 240 g/mol. The predicted octanol–water partition coefficient (Wildman–Crippen LogP) is 0.601. The second-order valence-electron chi connectivity index (χ2n) is 4.23. The summed E-state index contributed by atoms with van der Waals surface area (Å²) >= 11 is 0. The molecule has 4 nitrogen and oxygen atoms in total. The summed E-state index contributed by atoms with van der Waals surface area (Å²) in [7, 11) is 0. The molecule has 0 aromatic heterocycles. The van der Waals surface area contributed by atoms with Gasteiger partial charge in [0.1, 0.15) is 0 Å². The highest BCUT2D eigenvalue weighted by molar-refractivity contribution is 5.42. The fourth-order valence-corrected chi connectivity index (χ4v) is 2.00. The second-order valence-corrected chi connectivity index (χ2v) is 4.23. The highest BCUT2D eigenvalue weighted by Crippen LogP contribution is 2.17. The SMILES string of the molecule is Nc1cccc(CN2CCOC(CO)C2)c1F. The van der Waals surface area contributed by atoms with Gasteiger partial charge in [-0.3, -0.25) is 4.90 Å². The largest absolute Gasteiger partial charge is 0.396 e. The minimum atomic E-state index is -0.348. The van der Waals surface area contributed by atoms with Gasteiger partial charge in [-0.25, -0.2) is 4.39 Å². The van der Waals surface area contributed by atoms with Crippen molar-refractivity contribution in [3.63, 3.8) is 0 Å². The average Bonchev–Trinajstić information content (AvgIpc) is 2.35. The van der Waals surface area contributed by atoms with Gasteiger partial charge in [0.2, 0.25) is 0 Å². The molecule has 0 amide bonds. The van der Waals surface area contributed by atoms with Crippen LogP contribution in [0.25, 0.3) is 0 Å². The molecule has 1 saturated heterocycles. The van der Waals surface area contributed by atoms with Crippen LogP contribution in [-0.4, -0.2) is 42.4 Å². The summed E-state index contributed by atoms with van der Waals surface area (Å²) in [6, 6.07) is 5.03. The highest BCUT2D eigenvalue weighted by atomic mass is 19.1. The molecule has 3 N–H and O–H groups in total. The molecule has 1 aromatic carbocycles. The van der Waals surface area contributed by atoms with E-state index in [0.29, 0.717) is 25.3 Å². The Morgan fingerprint density at radius 3 is 3.12 bits per heavy atom. The third kappa shape index (κ3) is 2.94. The molecular formula is C12H17FN2O2. The maximum Gasteiger partial charge on any atom is 0.150 e. The van der Waals surface area contributed by atoms with Crippen LogP contribution < -0.4 is 5.73 Å². The van der Waals surface area contributed by atoms with Crippen molar-refractivity contribution < 1.29 is 14.2 Å². The van der Waals surface area contributed by atoms with Crippen LogP contribution in [0.2, 0.25) is 0 Å². The van der Waals surface area contributed by atoms with E-state index in [9.17, 15) is 4.39 Å². The van der Waals surface area contributed by atoms with Gasteiger partial charge in [-0.2, -0.15) is 0 Å². The Kier molecular flexibility index (Phi) is 3.93. The van der Waals surface area contributed by atoms with Crippen molar-refractivity contribution in [2.24, 2.45) is 0 Å². The number of nitrogen functional groups attached to an aromatic ring is 1. The van der Waals surface area contributed by atoms with Crippen LogP contribution in [-0.2, 0) is 11.3 Å². The Morgan fingerprint density at radius 2 is 2.35 bits per heavy atom. The number of halogens is 1. The van der Waals surface area contributed by atoms with Crippen LogP contribution in [0.15, 0.2) is 18.2 Å². The molecule has 5 heteroatoms. The standard InChI is InChI=1S/C12H17FN2O2/c13-12-9(2-1-3-11(12)14)6-15-4-5-17-10(7-15)8-16/h1-3,10,16H,4-8,14H2. The number of nitrogens with two attached hydrogens (primary N) is 1. The Balaban J connectivity index is 2.02. The predicted molar refractivity (Wildman–Crippen MR) is 62.9 cm³/mol. The molecule has 94 valence electrons. The van der Waals surface area contributed by atoms with Crippen LogP contribution in [0, 0.1) is 5.82 Å². The molecule has 1 aliphatic heterocycles. The van der Waals surface area contributed by atoms with E-state index in [0.717, 1.165) is 6.54 Å². The number of aliphatic hydroxyl groups excluding tert-OH is 1. The van der Waals surface area contributed by atoms with Gasteiger partial charge >= 0.3 is 0 Å². The Morgan fingerprint density at radius 1 is 1.53 bits per heavy atom. The number of aliphatic hydroxyl groups is 1. The topological polar surface area (TPSA) is 58.7 Å². The lowest BCUT2D eigenvalue weighted by molar-refractivity contribution is -0.0553. The maximum absolute atomic E-state index is 13.7. The number of morpholine rings is 1. The van der Waals surface area contributed by atoms with E-state index < -0.39 is 0 Å². The van der Waals surface area contributed by atoms with Crippen LogP contribution in [0.1, 0.15) is 5.56 Å². The zero-order valence-electron chi connectivity index (χ0n) is 9.60. The number of benzene rings is 1. The summed E-state index contributed by atoms with van der Waals surface area (Å²) < 4.78 is 19.0. The van der Waals surface area contributed by atoms with Crippen LogP contribution >= 0.6 is 0 Å². The zero-order chi connectivity index (χ0) is 12.3. The number of anilines is 1. The first-order valence-corrected chi connectivity index (χ1v) is 5.68. The van der Waals surface area contributed by atoms with Crippen LogP contribution in [0.5, 0.6) is 0 Å². The molecule has 2 rings (SSSR count). The first kappa shape index (κ1) is 12.3. The summed E-state index contributed by atoms with van der Waals surface area (Å²) in [6.45, 7) is 2.41. The molecule has 0 bridgehead atoms. The van der Waals surface area contributed by atoms with E-state index in [-0.39, 0.29) is 24.2 Å². The number of hydrogen-bond donors (Lipinski definition) is 2. The fraction of sp³-hybridized carbons (Fsp3) is 0.500. The monoisotopic (exact) mass is 240 g/mol. The first-order chi connectivity index (χ1) is 8.20. The molecule has 1 aliphatic rings. The molecule has 17 heavy (non-hydrogen) atoms. The van der Waals surface area contributed by atoms with Crippen LogP contribution in [0.4, 0.5) is 10.1 Å². The molecule has 1 unspecified atom stereocenters. The van der Waals surface area contributed by atoms with Gasteiger partial charge in [-0.05, 0) is 6.07 Å². The summed E-state index contributed by atoms with van der Waals surface area (Å²) in [5.74, 6) is -0.348. The van der Waals surface area contributed by atoms with E-state index in [1.165, 1.54) is 0 Å². The number of rotatable bonds is 3. The molecular weight excluding hydrogens is 223 g/mol. The Hall–Kier alpha value is -1.17. The van der Waals surface area contributed by atoms with Crippen molar-refractivity contribution in [3.8, 4) is 0 Å². The fourth-order valence-electron chi connectivity index (χ4n) is 2.00. The van der Waals surface area contributed by atoms with E-state index in [2.05, 4.69) is 4.90 Å². The van der Waals surface area contributed by atoms with Crippen molar-refractivity contribution in [3.05, 3.63) is 29.6 Å². The van der Waals surface area contributed by atoms with Gasteiger partial charge in [0.15, 0.2) is 5.82 Å². The molecule has 0 aliphatic carbocycles. The van der Waals surface area contributed by atoms with Crippen molar-refractivity contribution in [2.45, 2.75) is 12.6 Å². The van der Waals surface area contributed by atoms with Crippen molar-refractivity contribution in [1.82, 2.24) is 4.90 Å². The molecule has 0 saturated carbocycles. The van der Waals surface area contributed by atoms with E-state index in [1.807, 2.05) is 0 Å². The Bertz CT molecular complexity index is 387. The van der Waals surface area contributed by atoms with E-state index >= 15 is 0 Å². The minimum Gasteiger partial charge on any atom is -0.396 e. The molecule has 1 heterocycles. The van der Waals surface area contributed by atoms with Crippen molar-refractivity contribution in [2.75, 3.05) is 32.0 Å². The first-order valence-electron chi connectivity index (χ1n) is 5.68. The highest BCUT2D eigenvalue weighted by Gasteiger charge is 2.20. The minimum absolute atomic E-state index is 0.00406. The molecule has 1 fully saturated rings.